The van der Waals surface area contributed by atoms with E-state index in [0.717, 1.165) is 42.6 Å². The van der Waals surface area contributed by atoms with E-state index >= 15 is 0 Å². The minimum atomic E-state index is 0. The van der Waals surface area contributed by atoms with Crippen molar-refractivity contribution in [2.75, 3.05) is 41.0 Å². The van der Waals surface area contributed by atoms with Crippen LogP contribution in [0.1, 0.15) is 16.3 Å². The number of hydrogen-bond acceptors (Lipinski definition) is 6. The van der Waals surface area contributed by atoms with Crippen molar-refractivity contribution in [3.8, 4) is 17.2 Å². The Labute approximate surface area is 187 Å². The molecule has 0 radical (unpaired) electrons. The third-order valence-electron chi connectivity index (χ3n) is 3.73. The summed E-state index contributed by atoms with van der Waals surface area (Å²) in [7, 11) is 5.01. The van der Waals surface area contributed by atoms with Gasteiger partial charge >= 0.3 is 0 Å². The van der Waals surface area contributed by atoms with Gasteiger partial charge in [0.15, 0.2) is 5.96 Å². The third kappa shape index (κ3) is 8.51. The van der Waals surface area contributed by atoms with Crippen molar-refractivity contribution >= 4 is 41.3 Å². The van der Waals surface area contributed by atoms with Crippen LogP contribution >= 0.6 is 35.3 Å². The number of halogens is 1. The van der Waals surface area contributed by atoms with Crippen LogP contribution < -0.4 is 24.8 Å². The Morgan fingerprint density at radius 3 is 2.29 bits per heavy atom. The van der Waals surface area contributed by atoms with Gasteiger partial charge in [0.05, 0.1) is 25.8 Å². The maximum Gasteiger partial charge on any atom is 0.190 e. The highest BCUT2D eigenvalue weighted by molar-refractivity contribution is 14.0. The van der Waals surface area contributed by atoms with Gasteiger partial charge in [-0.3, -0.25) is 4.99 Å². The molecule has 0 amide bonds. The molecule has 0 saturated heterocycles. The highest BCUT2D eigenvalue weighted by atomic mass is 127. The van der Waals surface area contributed by atoms with Crippen LogP contribution in [0, 0.1) is 6.92 Å². The Bertz CT molecular complexity index is 717. The Balaban J connectivity index is 0.00000392. The predicted octanol–water partition coefficient (Wildman–Crippen LogP) is 3.26. The van der Waals surface area contributed by atoms with Gasteiger partial charge in [-0.15, -0.1) is 35.3 Å². The molecule has 1 aromatic carbocycles. The average Bonchev–Trinajstić information content (AvgIpc) is 3.11. The number of aryl methyl sites for hydroxylation is 1. The van der Waals surface area contributed by atoms with E-state index in [2.05, 4.69) is 27.5 Å². The first-order valence-electron chi connectivity index (χ1n) is 8.86. The summed E-state index contributed by atoms with van der Waals surface area (Å²) < 4.78 is 16.3. The fraction of sp³-hybridized carbons (Fsp3) is 0.474. The SMILES string of the molecule is CN=C(NCCCOc1cc(OC)cc(OC)c1)NCCc1ncc(C)s1.I. The molecule has 9 heteroatoms. The molecule has 7 nitrogen and oxygen atoms in total. The van der Waals surface area contributed by atoms with E-state index < -0.39 is 0 Å². The van der Waals surface area contributed by atoms with Crippen molar-refractivity contribution in [2.24, 2.45) is 4.99 Å². The standard InChI is InChI=1S/C19H28N4O3S.HI/c1-14-13-23-18(27-14)6-8-22-19(20-2)21-7-5-9-26-17-11-15(24-3)10-16(12-17)25-4;/h10-13H,5-9H2,1-4H3,(H2,20,21,22);1H. The normalized spacial score (nSPS) is 10.8. The van der Waals surface area contributed by atoms with Gasteiger partial charge in [0.2, 0.25) is 0 Å². The van der Waals surface area contributed by atoms with Crippen LogP contribution in [0.2, 0.25) is 0 Å². The van der Waals surface area contributed by atoms with Crippen LogP contribution in [0.25, 0.3) is 0 Å². The van der Waals surface area contributed by atoms with Gasteiger partial charge in [-0.2, -0.15) is 0 Å². The van der Waals surface area contributed by atoms with Gasteiger partial charge in [0.25, 0.3) is 0 Å². The molecule has 0 unspecified atom stereocenters. The molecule has 2 aromatic rings. The molecule has 1 aromatic heterocycles. The molecular weight excluding hydrogens is 491 g/mol. The molecule has 2 N–H and O–H groups in total. The average molecular weight is 520 g/mol. The molecule has 1 heterocycles. The molecule has 0 atom stereocenters. The van der Waals surface area contributed by atoms with E-state index in [4.69, 9.17) is 14.2 Å². The second-order valence-electron chi connectivity index (χ2n) is 5.79. The van der Waals surface area contributed by atoms with E-state index in [-0.39, 0.29) is 24.0 Å². The lowest BCUT2D eigenvalue weighted by Crippen LogP contribution is -2.39. The molecule has 28 heavy (non-hydrogen) atoms. The Kier molecular flexibility index (Phi) is 11.7. The summed E-state index contributed by atoms with van der Waals surface area (Å²) in [6, 6.07) is 5.50. The predicted molar refractivity (Wildman–Crippen MR) is 125 cm³/mol. The van der Waals surface area contributed by atoms with E-state index in [1.54, 1.807) is 32.6 Å². The topological polar surface area (TPSA) is 77.0 Å². The molecule has 0 spiro atoms. The fourth-order valence-corrected chi connectivity index (χ4v) is 3.15. The summed E-state index contributed by atoms with van der Waals surface area (Å²) in [6.45, 7) is 4.21. The number of thiazole rings is 1. The largest absolute Gasteiger partial charge is 0.496 e. The molecule has 0 aliphatic carbocycles. The molecular formula is C19H29IN4O3S. The molecule has 0 aliphatic rings. The second kappa shape index (κ2) is 13.4. The van der Waals surface area contributed by atoms with Gasteiger partial charge < -0.3 is 24.8 Å². The van der Waals surface area contributed by atoms with E-state index in [1.807, 2.05) is 24.4 Å². The number of hydrogen-bond donors (Lipinski definition) is 2. The molecule has 0 bridgehead atoms. The van der Waals surface area contributed by atoms with Crippen LogP contribution in [-0.2, 0) is 6.42 Å². The number of rotatable bonds is 10. The fourth-order valence-electron chi connectivity index (χ4n) is 2.36. The van der Waals surface area contributed by atoms with Crippen LogP contribution in [0.5, 0.6) is 17.2 Å². The van der Waals surface area contributed by atoms with Crippen molar-refractivity contribution in [2.45, 2.75) is 19.8 Å². The minimum absolute atomic E-state index is 0. The quantitative estimate of drug-likeness (QED) is 0.217. The lowest BCUT2D eigenvalue weighted by molar-refractivity contribution is 0.305. The number of methoxy groups -OCH3 is 2. The third-order valence-corrected chi connectivity index (χ3v) is 4.70. The van der Waals surface area contributed by atoms with Crippen molar-refractivity contribution in [3.63, 3.8) is 0 Å². The summed E-state index contributed by atoms with van der Waals surface area (Å²) in [5, 5.41) is 7.72. The minimum Gasteiger partial charge on any atom is -0.496 e. The van der Waals surface area contributed by atoms with Gasteiger partial charge in [-0.1, -0.05) is 0 Å². The first-order chi connectivity index (χ1) is 13.1. The van der Waals surface area contributed by atoms with E-state index in [0.29, 0.717) is 18.1 Å². The Morgan fingerprint density at radius 1 is 1.07 bits per heavy atom. The summed E-state index contributed by atoms with van der Waals surface area (Å²) in [4.78, 5) is 9.83. The molecule has 156 valence electrons. The van der Waals surface area contributed by atoms with Crippen molar-refractivity contribution < 1.29 is 14.2 Å². The van der Waals surface area contributed by atoms with Crippen LogP contribution in [0.3, 0.4) is 0 Å². The number of guanidine groups is 1. The highest BCUT2D eigenvalue weighted by Gasteiger charge is 2.04. The maximum atomic E-state index is 5.78. The number of ether oxygens (including phenoxy) is 3. The lowest BCUT2D eigenvalue weighted by atomic mass is 10.3. The summed E-state index contributed by atoms with van der Waals surface area (Å²) >= 11 is 1.73. The Morgan fingerprint density at radius 2 is 1.71 bits per heavy atom. The maximum absolute atomic E-state index is 5.78. The summed E-state index contributed by atoms with van der Waals surface area (Å²) in [6.07, 6.45) is 3.64. The number of aliphatic imine (C=N–C) groups is 1. The zero-order chi connectivity index (χ0) is 19.5. The van der Waals surface area contributed by atoms with Gasteiger partial charge in [-0.25, -0.2) is 4.98 Å². The van der Waals surface area contributed by atoms with Crippen LogP contribution in [-0.4, -0.2) is 51.9 Å². The Hall–Kier alpha value is -1.75. The number of nitrogens with one attached hydrogen (secondary N) is 2. The number of aromatic nitrogens is 1. The first kappa shape index (κ1) is 24.3. The summed E-state index contributed by atoms with van der Waals surface area (Å²) in [5.41, 5.74) is 0. The highest BCUT2D eigenvalue weighted by Crippen LogP contribution is 2.27. The van der Waals surface area contributed by atoms with Crippen LogP contribution in [0.15, 0.2) is 29.4 Å². The monoisotopic (exact) mass is 520 g/mol. The zero-order valence-corrected chi connectivity index (χ0v) is 19.9. The van der Waals surface area contributed by atoms with Crippen molar-refractivity contribution in [1.29, 1.82) is 0 Å². The number of benzene rings is 1. The second-order valence-corrected chi connectivity index (χ2v) is 7.11. The smallest absolute Gasteiger partial charge is 0.190 e. The molecule has 0 aliphatic heterocycles. The van der Waals surface area contributed by atoms with Crippen molar-refractivity contribution in [1.82, 2.24) is 15.6 Å². The van der Waals surface area contributed by atoms with Crippen molar-refractivity contribution in [3.05, 3.63) is 34.3 Å². The van der Waals surface area contributed by atoms with Gasteiger partial charge in [0, 0.05) is 55.8 Å². The van der Waals surface area contributed by atoms with Crippen LogP contribution in [0.4, 0.5) is 0 Å². The van der Waals surface area contributed by atoms with Gasteiger partial charge in [0.1, 0.15) is 17.2 Å². The molecule has 0 fully saturated rings. The summed E-state index contributed by atoms with van der Waals surface area (Å²) in [5.74, 6) is 2.93. The molecule has 2 rings (SSSR count). The molecule has 0 saturated carbocycles. The lowest BCUT2D eigenvalue weighted by Gasteiger charge is -2.12. The van der Waals surface area contributed by atoms with Gasteiger partial charge in [-0.05, 0) is 13.3 Å². The van der Waals surface area contributed by atoms with E-state index in [9.17, 15) is 0 Å². The van der Waals surface area contributed by atoms with E-state index in [1.165, 1.54) is 4.88 Å². The number of nitrogens with zero attached hydrogens (tertiary/aromatic N) is 2. The first-order valence-corrected chi connectivity index (χ1v) is 9.68. The zero-order valence-electron chi connectivity index (χ0n) is 16.8.